The Bertz CT molecular complexity index is 716. The third kappa shape index (κ3) is 3.27. The lowest BCUT2D eigenvalue weighted by Gasteiger charge is -2.23. The molecule has 23 heavy (non-hydrogen) atoms. The summed E-state index contributed by atoms with van der Waals surface area (Å²) in [5.41, 5.74) is 0.699. The first-order chi connectivity index (χ1) is 11.2. The van der Waals surface area contributed by atoms with Gasteiger partial charge < -0.3 is 14.6 Å². The number of nitrogens with one attached hydrogen (secondary N) is 1. The number of halogens is 1. The maximum Gasteiger partial charge on any atom is 0.251 e. The lowest BCUT2D eigenvalue weighted by Crippen LogP contribution is -2.43. The van der Waals surface area contributed by atoms with E-state index in [0.717, 1.165) is 23.1 Å². The molecular weight excluding hydrogens is 332 g/mol. The zero-order valence-electron chi connectivity index (χ0n) is 12.5. The van der Waals surface area contributed by atoms with Crippen LogP contribution in [0.4, 0.5) is 0 Å². The Hall–Kier alpha value is -1.43. The molecule has 3 atom stereocenters. The normalized spacial score (nSPS) is 25.7. The molecule has 2 saturated heterocycles. The third-order valence-corrected chi connectivity index (χ3v) is 5.66. The van der Waals surface area contributed by atoms with Gasteiger partial charge in [-0.25, -0.2) is 0 Å². The molecule has 2 aromatic rings. The molecule has 6 heteroatoms. The zero-order chi connectivity index (χ0) is 15.8. The maximum absolute atomic E-state index is 12.4. The Kier molecular flexibility index (Phi) is 4.09. The molecule has 2 unspecified atom stereocenters. The van der Waals surface area contributed by atoms with E-state index >= 15 is 0 Å². The Labute approximate surface area is 144 Å². The first kappa shape index (κ1) is 15.1. The highest BCUT2D eigenvalue weighted by Gasteiger charge is 2.38. The van der Waals surface area contributed by atoms with Crippen molar-refractivity contribution in [3.05, 3.63) is 47.2 Å². The molecule has 1 N–H and O–H groups in total. The van der Waals surface area contributed by atoms with Gasteiger partial charge in [0.15, 0.2) is 10.3 Å². The van der Waals surface area contributed by atoms with Crippen molar-refractivity contribution in [1.29, 1.82) is 0 Å². The Morgan fingerprint density at radius 1 is 1.22 bits per heavy atom. The van der Waals surface area contributed by atoms with E-state index < -0.39 is 0 Å². The van der Waals surface area contributed by atoms with Gasteiger partial charge in [0.05, 0.1) is 0 Å². The summed E-state index contributed by atoms with van der Waals surface area (Å²) < 4.78 is 5.33. The van der Waals surface area contributed by atoms with E-state index in [9.17, 15) is 4.79 Å². The van der Waals surface area contributed by atoms with Crippen molar-refractivity contribution in [3.8, 4) is 0 Å². The number of nitrogens with zero attached hydrogens (tertiary/aromatic N) is 1. The molecule has 3 heterocycles. The maximum atomic E-state index is 12.4. The van der Waals surface area contributed by atoms with E-state index in [-0.39, 0.29) is 5.91 Å². The van der Waals surface area contributed by atoms with Crippen LogP contribution in [0.1, 0.15) is 16.8 Å². The minimum absolute atomic E-state index is 0.0151. The molecule has 2 fully saturated rings. The average molecular weight is 349 g/mol. The molecule has 1 aromatic carbocycles. The summed E-state index contributed by atoms with van der Waals surface area (Å²) in [4.78, 5) is 15.8. The minimum Gasteiger partial charge on any atom is -0.438 e. The summed E-state index contributed by atoms with van der Waals surface area (Å²) in [5, 5.41) is 4.29. The highest BCUT2D eigenvalue weighted by molar-refractivity contribution is 7.99. The number of amides is 1. The van der Waals surface area contributed by atoms with Gasteiger partial charge in [-0.2, -0.15) is 0 Å². The van der Waals surface area contributed by atoms with E-state index in [0.29, 0.717) is 22.7 Å². The Morgan fingerprint density at radius 2 is 2.04 bits per heavy atom. The van der Waals surface area contributed by atoms with Crippen LogP contribution in [0.2, 0.25) is 5.22 Å². The monoisotopic (exact) mass is 348 g/mol. The van der Waals surface area contributed by atoms with Crippen LogP contribution >= 0.6 is 23.4 Å². The van der Waals surface area contributed by atoms with Gasteiger partial charge in [-0.3, -0.25) is 4.79 Å². The summed E-state index contributed by atoms with van der Waals surface area (Å²) >= 11 is 7.25. The van der Waals surface area contributed by atoms with Crippen molar-refractivity contribution in [1.82, 2.24) is 10.2 Å². The molecule has 2 aliphatic rings. The number of hydrogen-bond acceptors (Lipinski definition) is 4. The first-order valence-corrected chi connectivity index (χ1v) is 8.93. The van der Waals surface area contributed by atoms with Gasteiger partial charge in [0.1, 0.15) is 0 Å². The van der Waals surface area contributed by atoms with Crippen molar-refractivity contribution in [2.45, 2.75) is 22.5 Å². The molecule has 1 amide bonds. The first-order valence-electron chi connectivity index (χ1n) is 7.74. The second-order valence-corrected chi connectivity index (χ2v) is 7.52. The predicted molar refractivity (Wildman–Crippen MR) is 90.1 cm³/mol. The second-order valence-electron chi connectivity index (χ2n) is 6.07. The SMILES string of the molecule is O=C(NC1CN2CC[C@H]1C2)c1ccc(Sc2ccc(Cl)o2)cc1. The fourth-order valence-electron chi connectivity index (χ4n) is 3.34. The van der Waals surface area contributed by atoms with Gasteiger partial charge in [-0.05, 0) is 66.9 Å². The lowest BCUT2D eigenvalue weighted by atomic mass is 9.99. The fourth-order valence-corrected chi connectivity index (χ4v) is 4.31. The number of carbonyl (C=O) groups excluding carboxylic acids is 1. The second kappa shape index (κ2) is 6.23. The number of piperidine rings is 1. The average Bonchev–Trinajstić information content (AvgIpc) is 3.25. The third-order valence-electron chi connectivity index (χ3n) is 4.53. The van der Waals surface area contributed by atoms with Gasteiger partial charge >= 0.3 is 0 Å². The summed E-state index contributed by atoms with van der Waals surface area (Å²) in [7, 11) is 0. The number of benzene rings is 1. The molecule has 0 saturated carbocycles. The van der Waals surface area contributed by atoms with E-state index in [4.69, 9.17) is 16.0 Å². The molecule has 1 aromatic heterocycles. The van der Waals surface area contributed by atoms with Crippen LogP contribution in [0.15, 0.2) is 50.8 Å². The van der Waals surface area contributed by atoms with Crippen LogP contribution in [0.3, 0.4) is 0 Å². The standard InChI is InChI=1S/C17H17ClN2O2S/c18-15-5-6-16(22-15)23-13-3-1-11(2-4-13)17(21)19-14-10-20-8-7-12(14)9-20/h1-6,12,14H,7-10H2,(H,19,21)/t12-,14?/m0/s1. The number of fused-ring (bicyclic) bond motifs is 2. The minimum atomic E-state index is 0.0151. The molecule has 120 valence electrons. The molecule has 0 spiro atoms. The number of carbonyl (C=O) groups is 1. The molecule has 0 radical (unpaired) electrons. The van der Waals surface area contributed by atoms with Gasteiger partial charge in [-0.1, -0.05) is 11.8 Å². The van der Waals surface area contributed by atoms with Gasteiger partial charge in [0.25, 0.3) is 5.91 Å². The van der Waals surface area contributed by atoms with Gasteiger partial charge in [0.2, 0.25) is 0 Å². The van der Waals surface area contributed by atoms with Gasteiger partial charge in [-0.15, -0.1) is 0 Å². The molecule has 2 aliphatic heterocycles. The highest BCUT2D eigenvalue weighted by Crippen LogP contribution is 2.31. The van der Waals surface area contributed by atoms with Crippen molar-refractivity contribution in [2.24, 2.45) is 5.92 Å². The largest absolute Gasteiger partial charge is 0.438 e. The molecule has 4 rings (SSSR count). The molecule has 2 bridgehead atoms. The summed E-state index contributed by atoms with van der Waals surface area (Å²) in [5.74, 6) is 0.638. The summed E-state index contributed by atoms with van der Waals surface area (Å²) in [6, 6.07) is 11.4. The van der Waals surface area contributed by atoms with Crippen LogP contribution < -0.4 is 5.32 Å². The van der Waals surface area contributed by atoms with Crippen LogP contribution in [0.25, 0.3) is 0 Å². The predicted octanol–water partition coefficient (Wildman–Crippen LogP) is 3.52. The quantitative estimate of drug-likeness (QED) is 0.918. The van der Waals surface area contributed by atoms with E-state index in [1.807, 2.05) is 30.3 Å². The summed E-state index contributed by atoms with van der Waals surface area (Å²) in [6.45, 7) is 3.30. The Balaban J connectivity index is 1.38. The number of hydrogen-bond donors (Lipinski definition) is 1. The molecule has 0 aliphatic carbocycles. The van der Waals surface area contributed by atoms with Crippen LogP contribution in [-0.4, -0.2) is 36.5 Å². The fraction of sp³-hybridized carbons (Fsp3) is 0.353. The zero-order valence-corrected chi connectivity index (χ0v) is 14.1. The van der Waals surface area contributed by atoms with Crippen molar-refractivity contribution >= 4 is 29.3 Å². The topological polar surface area (TPSA) is 45.5 Å². The Morgan fingerprint density at radius 3 is 2.65 bits per heavy atom. The smallest absolute Gasteiger partial charge is 0.251 e. The van der Waals surface area contributed by atoms with Crippen molar-refractivity contribution in [3.63, 3.8) is 0 Å². The van der Waals surface area contributed by atoms with Crippen LogP contribution in [-0.2, 0) is 0 Å². The highest BCUT2D eigenvalue weighted by atomic mass is 35.5. The molecular formula is C17H17ClN2O2S. The summed E-state index contributed by atoms with van der Waals surface area (Å²) in [6.07, 6.45) is 1.20. The van der Waals surface area contributed by atoms with E-state index in [1.54, 1.807) is 6.07 Å². The van der Waals surface area contributed by atoms with E-state index in [2.05, 4.69) is 10.2 Å². The van der Waals surface area contributed by atoms with Crippen molar-refractivity contribution < 1.29 is 9.21 Å². The lowest BCUT2D eigenvalue weighted by molar-refractivity contribution is 0.0924. The number of furan rings is 1. The molecule has 4 nitrogen and oxygen atoms in total. The van der Waals surface area contributed by atoms with E-state index in [1.165, 1.54) is 24.7 Å². The van der Waals surface area contributed by atoms with Crippen LogP contribution in [0.5, 0.6) is 0 Å². The van der Waals surface area contributed by atoms with Crippen LogP contribution in [0, 0.1) is 5.92 Å². The van der Waals surface area contributed by atoms with Gasteiger partial charge in [0, 0.05) is 29.6 Å². The van der Waals surface area contributed by atoms with Crippen molar-refractivity contribution in [2.75, 3.05) is 19.6 Å². The number of rotatable bonds is 4.